The summed E-state index contributed by atoms with van der Waals surface area (Å²) in [6.45, 7) is 22.1. The van der Waals surface area contributed by atoms with Gasteiger partial charge in [-0.2, -0.15) is 0 Å². The third-order valence-electron chi connectivity index (χ3n) is 6.92. The van der Waals surface area contributed by atoms with E-state index < -0.39 is 52.6 Å². The van der Waals surface area contributed by atoms with Crippen molar-refractivity contribution in [2.24, 2.45) is 45.3 Å². The smallest absolute Gasteiger partial charge is 0.337 e. The van der Waals surface area contributed by atoms with Crippen LogP contribution in [0.4, 0.5) is 0 Å². The van der Waals surface area contributed by atoms with Crippen molar-refractivity contribution in [3.05, 3.63) is 0 Å². The maximum absolute atomic E-state index is 13.2. The van der Waals surface area contributed by atoms with Crippen molar-refractivity contribution in [3.8, 4) is 0 Å². The quantitative estimate of drug-likeness (QED) is 0.290. The van der Waals surface area contributed by atoms with Gasteiger partial charge in [0.15, 0.2) is 5.60 Å². The molecule has 7 heteroatoms. The highest BCUT2D eigenvalue weighted by molar-refractivity contribution is 5.94. The summed E-state index contributed by atoms with van der Waals surface area (Å²) >= 11 is 0. The maximum Gasteiger partial charge on any atom is 0.337 e. The van der Waals surface area contributed by atoms with E-state index in [1.807, 2.05) is 62.3 Å². The molecule has 0 spiro atoms. The van der Waals surface area contributed by atoms with Crippen LogP contribution in [-0.4, -0.2) is 43.9 Å². The summed E-state index contributed by atoms with van der Waals surface area (Å²) in [6.07, 6.45) is 0.892. The Balaban J connectivity index is 7.53. The van der Waals surface area contributed by atoms with Gasteiger partial charge in [0, 0.05) is 0 Å². The van der Waals surface area contributed by atoms with Gasteiger partial charge >= 0.3 is 17.9 Å². The Hall–Kier alpha value is -1.63. The molecule has 0 heterocycles. The molecular weight excluding hydrogens is 436 g/mol. The number of aliphatic carboxylic acids is 3. The molecule has 4 N–H and O–H groups in total. The van der Waals surface area contributed by atoms with Gasteiger partial charge in [-0.1, -0.05) is 83.1 Å². The highest BCUT2D eigenvalue weighted by Gasteiger charge is 2.71. The third kappa shape index (κ3) is 7.19. The lowest BCUT2D eigenvalue weighted by Crippen LogP contribution is -2.70. The van der Waals surface area contributed by atoms with Gasteiger partial charge in [0.2, 0.25) is 0 Å². The van der Waals surface area contributed by atoms with Gasteiger partial charge in [0.05, 0.1) is 5.92 Å². The van der Waals surface area contributed by atoms with Gasteiger partial charge in [0.1, 0.15) is 5.41 Å². The molecule has 0 saturated carbocycles. The number of carbonyl (C=O) groups is 3. The average molecular weight is 487 g/mol. The number of hydrogen-bond acceptors (Lipinski definition) is 4. The van der Waals surface area contributed by atoms with E-state index in [0.717, 1.165) is 0 Å². The molecule has 0 aromatic carbocycles. The molecule has 5 atom stereocenters. The van der Waals surface area contributed by atoms with E-state index in [1.165, 1.54) is 0 Å². The van der Waals surface area contributed by atoms with Crippen molar-refractivity contribution in [2.75, 3.05) is 0 Å². The Labute approximate surface area is 206 Å². The predicted octanol–water partition coefficient (Wildman–Crippen LogP) is 5.79. The molecule has 0 aliphatic rings. The predicted molar refractivity (Wildman–Crippen MR) is 133 cm³/mol. The Kier molecular flexibility index (Phi) is 10.0. The van der Waals surface area contributed by atoms with Gasteiger partial charge in [-0.05, 0) is 53.3 Å². The van der Waals surface area contributed by atoms with Crippen LogP contribution in [0.1, 0.15) is 102 Å². The lowest BCUT2D eigenvalue weighted by Gasteiger charge is -2.54. The van der Waals surface area contributed by atoms with Gasteiger partial charge in [0.25, 0.3) is 0 Å². The normalized spacial score (nSPS) is 20.4. The van der Waals surface area contributed by atoms with Crippen LogP contribution in [0.3, 0.4) is 0 Å². The second-order valence-corrected chi connectivity index (χ2v) is 14.1. The first-order chi connectivity index (χ1) is 14.8. The van der Waals surface area contributed by atoms with Crippen LogP contribution in [-0.2, 0) is 14.4 Å². The molecular formula is C27H50O7. The summed E-state index contributed by atoms with van der Waals surface area (Å²) in [5.41, 5.74) is -6.39. The number of aliphatic hydroxyl groups is 1. The Morgan fingerprint density at radius 3 is 1.15 bits per heavy atom. The summed E-state index contributed by atoms with van der Waals surface area (Å²) < 4.78 is 0. The summed E-state index contributed by atoms with van der Waals surface area (Å²) in [7, 11) is 0. The Bertz CT molecular complexity index is 714. The highest BCUT2D eigenvalue weighted by atomic mass is 16.4. The fourth-order valence-corrected chi connectivity index (χ4v) is 6.47. The molecule has 7 nitrogen and oxygen atoms in total. The van der Waals surface area contributed by atoms with Crippen LogP contribution in [0.2, 0.25) is 0 Å². The molecule has 0 amide bonds. The number of carboxylic acid groups (broad SMARTS) is 3. The molecule has 34 heavy (non-hydrogen) atoms. The zero-order valence-electron chi connectivity index (χ0n) is 23.4. The van der Waals surface area contributed by atoms with Gasteiger partial charge in [-0.25, -0.2) is 4.79 Å². The lowest BCUT2D eigenvalue weighted by molar-refractivity contribution is -0.228. The molecule has 0 bridgehead atoms. The largest absolute Gasteiger partial charge is 0.481 e. The third-order valence-corrected chi connectivity index (χ3v) is 6.92. The van der Waals surface area contributed by atoms with Crippen LogP contribution >= 0.6 is 0 Å². The average Bonchev–Trinajstić information content (AvgIpc) is 2.48. The zero-order valence-corrected chi connectivity index (χ0v) is 23.4. The number of rotatable bonds is 11. The first kappa shape index (κ1) is 32.4. The van der Waals surface area contributed by atoms with E-state index in [4.69, 9.17) is 0 Å². The van der Waals surface area contributed by atoms with Crippen LogP contribution in [0.5, 0.6) is 0 Å². The molecule has 0 fully saturated rings. The second kappa shape index (κ2) is 10.5. The molecule has 0 saturated heterocycles. The van der Waals surface area contributed by atoms with Crippen LogP contribution in [0, 0.1) is 45.3 Å². The van der Waals surface area contributed by atoms with Crippen molar-refractivity contribution in [1.29, 1.82) is 0 Å². The van der Waals surface area contributed by atoms with Crippen LogP contribution in [0.15, 0.2) is 0 Å². The minimum Gasteiger partial charge on any atom is -0.481 e. The van der Waals surface area contributed by atoms with Gasteiger partial charge < -0.3 is 20.4 Å². The molecule has 0 radical (unpaired) electrons. The SMILES string of the molecule is CC(CC(C)(C)C)C(C(=O)O)C(O)(C(=O)O)C(C(=O)O)(C(C)CC(C)(C)C)C(C)CC(C)(C)C. The minimum atomic E-state index is -3.04. The Morgan fingerprint density at radius 2 is 0.941 bits per heavy atom. The molecule has 0 aliphatic heterocycles. The molecule has 0 aromatic heterocycles. The van der Waals surface area contributed by atoms with Crippen LogP contribution in [0.25, 0.3) is 0 Å². The molecule has 5 unspecified atom stereocenters. The zero-order chi connectivity index (χ0) is 27.7. The van der Waals surface area contributed by atoms with E-state index in [2.05, 4.69) is 0 Å². The lowest BCUT2D eigenvalue weighted by atomic mass is 9.49. The minimum absolute atomic E-state index is 0.295. The van der Waals surface area contributed by atoms with Crippen LogP contribution < -0.4 is 0 Å². The standard InChI is InChI=1S/C27H50O7/c1-16(13-23(4,5)6)19(20(28)29)27(34,22(32)33)26(21(30)31,17(2)14-24(7,8)9)18(3)15-25(10,11)12/h16-19,34H,13-15H2,1-12H3,(H,28,29)(H,30,31)(H,32,33). The molecule has 0 aliphatic carbocycles. The van der Waals surface area contributed by atoms with Crippen molar-refractivity contribution < 1.29 is 34.8 Å². The summed E-state index contributed by atoms with van der Waals surface area (Å²) in [5.74, 6) is -9.03. The Morgan fingerprint density at radius 1 is 0.618 bits per heavy atom. The first-order valence-corrected chi connectivity index (χ1v) is 12.3. The maximum atomic E-state index is 13.2. The number of hydrogen-bond donors (Lipinski definition) is 4. The highest BCUT2D eigenvalue weighted by Crippen LogP contribution is 2.56. The van der Waals surface area contributed by atoms with E-state index in [1.54, 1.807) is 20.8 Å². The summed E-state index contributed by atoms with van der Waals surface area (Å²) in [6, 6.07) is 0. The van der Waals surface area contributed by atoms with Crippen molar-refractivity contribution in [1.82, 2.24) is 0 Å². The van der Waals surface area contributed by atoms with Crippen molar-refractivity contribution in [2.45, 2.75) is 108 Å². The molecule has 0 rings (SSSR count). The summed E-state index contributed by atoms with van der Waals surface area (Å²) in [4.78, 5) is 38.8. The van der Waals surface area contributed by atoms with Gasteiger partial charge in [-0.15, -0.1) is 0 Å². The fourth-order valence-electron chi connectivity index (χ4n) is 6.47. The number of carboxylic acids is 3. The summed E-state index contributed by atoms with van der Waals surface area (Å²) in [5, 5.41) is 43.7. The van der Waals surface area contributed by atoms with E-state index >= 15 is 0 Å². The topological polar surface area (TPSA) is 132 Å². The first-order valence-electron chi connectivity index (χ1n) is 12.3. The van der Waals surface area contributed by atoms with Crippen molar-refractivity contribution in [3.63, 3.8) is 0 Å². The van der Waals surface area contributed by atoms with E-state index in [-0.39, 0.29) is 16.2 Å². The monoisotopic (exact) mass is 486 g/mol. The van der Waals surface area contributed by atoms with Crippen molar-refractivity contribution >= 4 is 17.9 Å². The molecule has 0 aromatic rings. The van der Waals surface area contributed by atoms with E-state index in [9.17, 15) is 34.8 Å². The molecule has 200 valence electrons. The fraction of sp³-hybridized carbons (Fsp3) is 0.889. The second-order valence-electron chi connectivity index (χ2n) is 14.1. The van der Waals surface area contributed by atoms with Gasteiger partial charge in [-0.3, -0.25) is 9.59 Å². The van der Waals surface area contributed by atoms with E-state index in [0.29, 0.717) is 19.3 Å².